The van der Waals surface area contributed by atoms with Crippen LogP contribution in [-0.4, -0.2) is 21.0 Å². The first-order valence-electron chi connectivity index (χ1n) is 6.14. The van der Waals surface area contributed by atoms with Crippen LogP contribution in [0, 0.1) is 0 Å². The second-order valence-corrected chi connectivity index (χ2v) is 4.82. The number of pyridine rings is 2. The summed E-state index contributed by atoms with van der Waals surface area (Å²) in [5, 5.41) is 14.5. The molecular weight excluding hydrogens is 290 g/mol. The van der Waals surface area contributed by atoms with Gasteiger partial charge in [0.2, 0.25) is 0 Å². The summed E-state index contributed by atoms with van der Waals surface area (Å²) in [5.74, 6) is -0.420. The molecule has 2 aromatic heterocycles. The molecule has 0 saturated carbocycles. The van der Waals surface area contributed by atoms with Crippen molar-refractivity contribution in [1.82, 2.24) is 9.97 Å². The Morgan fingerprint density at radius 3 is 2.71 bits per heavy atom. The number of aromatic carboxylic acids is 1. The third-order valence-corrected chi connectivity index (χ3v) is 3.21. The molecule has 0 aliphatic rings. The quantitative estimate of drug-likeness (QED) is 0.771. The molecule has 5 nitrogen and oxygen atoms in total. The van der Waals surface area contributed by atoms with E-state index in [1.165, 1.54) is 12.3 Å². The van der Waals surface area contributed by atoms with Gasteiger partial charge in [0.15, 0.2) is 0 Å². The van der Waals surface area contributed by atoms with Gasteiger partial charge in [-0.3, -0.25) is 0 Å². The summed E-state index contributed by atoms with van der Waals surface area (Å²) >= 11 is 6.02. The number of carboxylic acids is 1. The standard InChI is InChI=1S/C15H10ClN3O2/c16-10-2-1-9-5-6-17-14(12(9)7-10)19-11-3-4-13(15(20)21)18-8-11/h1-8H,(H,17,19)(H,20,21). The Bertz CT molecular complexity index is 819. The van der Waals surface area contributed by atoms with Crippen molar-refractivity contribution in [3.8, 4) is 0 Å². The fourth-order valence-electron chi connectivity index (χ4n) is 1.97. The van der Waals surface area contributed by atoms with Crippen molar-refractivity contribution >= 4 is 39.8 Å². The van der Waals surface area contributed by atoms with Crippen LogP contribution >= 0.6 is 11.6 Å². The summed E-state index contributed by atoms with van der Waals surface area (Å²) in [7, 11) is 0. The largest absolute Gasteiger partial charge is 0.477 e. The van der Waals surface area contributed by atoms with Crippen molar-refractivity contribution < 1.29 is 9.90 Å². The molecule has 0 bridgehead atoms. The lowest BCUT2D eigenvalue weighted by Crippen LogP contribution is -2.01. The number of carbonyl (C=O) groups is 1. The number of aromatic nitrogens is 2. The monoisotopic (exact) mass is 299 g/mol. The van der Waals surface area contributed by atoms with E-state index in [1.54, 1.807) is 12.3 Å². The molecule has 104 valence electrons. The van der Waals surface area contributed by atoms with Gasteiger partial charge >= 0.3 is 5.97 Å². The minimum absolute atomic E-state index is 0.00512. The first-order valence-corrected chi connectivity index (χ1v) is 6.52. The van der Waals surface area contributed by atoms with Crippen LogP contribution in [0.25, 0.3) is 10.8 Å². The maximum Gasteiger partial charge on any atom is 0.354 e. The molecule has 0 aliphatic heterocycles. The smallest absolute Gasteiger partial charge is 0.354 e. The molecule has 3 aromatic rings. The number of carboxylic acid groups (broad SMARTS) is 1. The Kier molecular flexibility index (Phi) is 3.41. The van der Waals surface area contributed by atoms with E-state index < -0.39 is 5.97 Å². The average molecular weight is 300 g/mol. The number of halogens is 1. The predicted molar refractivity (Wildman–Crippen MR) is 81.2 cm³/mol. The van der Waals surface area contributed by atoms with Crippen LogP contribution in [0.4, 0.5) is 11.5 Å². The Morgan fingerprint density at radius 1 is 1.14 bits per heavy atom. The van der Waals surface area contributed by atoms with E-state index in [4.69, 9.17) is 16.7 Å². The summed E-state index contributed by atoms with van der Waals surface area (Å²) in [5.41, 5.74) is 0.648. The molecule has 2 heterocycles. The van der Waals surface area contributed by atoms with Crippen molar-refractivity contribution in [2.75, 3.05) is 5.32 Å². The molecule has 0 aliphatic carbocycles. The Balaban J connectivity index is 1.97. The predicted octanol–water partition coefficient (Wildman–Crippen LogP) is 3.73. The number of benzene rings is 1. The number of nitrogens with one attached hydrogen (secondary N) is 1. The van der Waals surface area contributed by atoms with Crippen LogP contribution < -0.4 is 5.32 Å². The van der Waals surface area contributed by atoms with Gasteiger partial charge < -0.3 is 10.4 Å². The van der Waals surface area contributed by atoms with E-state index in [0.717, 1.165) is 10.8 Å². The van der Waals surface area contributed by atoms with Gasteiger partial charge in [0, 0.05) is 16.6 Å². The highest BCUT2D eigenvalue weighted by Crippen LogP contribution is 2.26. The summed E-state index contributed by atoms with van der Waals surface area (Å²) in [6.07, 6.45) is 3.14. The van der Waals surface area contributed by atoms with Crippen LogP contribution in [0.1, 0.15) is 10.5 Å². The highest BCUT2D eigenvalue weighted by molar-refractivity contribution is 6.31. The first kappa shape index (κ1) is 13.3. The SMILES string of the molecule is O=C(O)c1ccc(Nc2nccc3ccc(Cl)cc23)cn1. The number of nitrogens with zero attached hydrogens (tertiary/aromatic N) is 2. The van der Waals surface area contributed by atoms with Gasteiger partial charge in [-0.25, -0.2) is 14.8 Å². The average Bonchev–Trinajstić information content (AvgIpc) is 2.48. The van der Waals surface area contributed by atoms with E-state index in [1.807, 2.05) is 24.3 Å². The maximum atomic E-state index is 10.8. The van der Waals surface area contributed by atoms with E-state index >= 15 is 0 Å². The first-order chi connectivity index (χ1) is 10.1. The molecule has 0 unspecified atom stereocenters. The summed E-state index contributed by atoms with van der Waals surface area (Å²) in [6.45, 7) is 0. The fourth-order valence-corrected chi connectivity index (χ4v) is 2.14. The van der Waals surface area contributed by atoms with Gasteiger partial charge in [-0.15, -0.1) is 0 Å². The number of hydrogen-bond acceptors (Lipinski definition) is 4. The molecule has 2 N–H and O–H groups in total. The minimum Gasteiger partial charge on any atom is -0.477 e. The molecule has 6 heteroatoms. The molecular formula is C15H10ClN3O2. The molecule has 3 rings (SSSR count). The van der Waals surface area contributed by atoms with Gasteiger partial charge in [0.05, 0.1) is 11.9 Å². The van der Waals surface area contributed by atoms with Gasteiger partial charge in [0.25, 0.3) is 0 Å². The fraction of sp³-hybridized carbons (Fsp3) is 0. The molecule has 21 heavy (non-hydrogen) atoms. The van der Waals surface area contributed by atoms with Crippen molar-refractivity contribution in [2.45, 2.75) is 0 Å². The number of hydrogen-bond donors (Lipinski definition) is 2. The molecule has 0 fully saturated rings. The highest BCUT2D eigenvalue weighted by atomic mass is 35.5. The van der Waals surface area contributed by atoms with Gasteiger partial charge in [0.1, 0.15) is 11.5 Å². The molecule has 0 saturated heterocycles. The van der Waals surface area contributed by atoms with Gasteiger partial charge in [-0.05, 0) is 35.7 Å². The van der Waals surface area contributed by atoms with E-state index in [0.29, 0.717) is 16.5 Å². The topological polar surface area (TPSA) is 75.1 Å². The molecule has 0 spiro atoms. The highest BCUT2D eigenvalue weighted by Gasteiger charge is 2.06. The number of anilines is 2. The number of rotatable bonds is 3. The third kappa shape index (κ3) is 2.78. The zero-order valence-corrected chi connectivity index (χ0v) is 11.5. The third-order valence-electron chi connectivity index (χ3n) is 2.97. The lowest BCUT2D eigenvalue weighted by molar-refractivity contribution is 0.0690. The van der Waals surface area contributed by atoms with Crippen molar-refractivity contribution in [3.63, 3.8) is 0 Å². The van der Waals surface area contributed by atoms with Crippen LogP contribution in [0.3, 0.4) is 0 Å². The van der Waals surface area contributed by atoms with Gasteiger partial charge in [-0.1, -0.05) is 17.7 Å². The van der Waals surface area contributed by atoms with E-state index in [-0.39, 0.29) is 5.69 Å². The molecule has 0 radical (unpaired) electrons. The molecule has 0 atom stereocenters. The minimum atomic E-state index is -1.06. The second kappa shape index (κ2) is 5.38. The summed E-state index contributed by atoms with van der Waals surface area (Å²) < 4.78 is 0. The number of fused-ring (bicyclic) bond motifs is 1. The lowest BCUT2D eigenvalue weighted by atomic mass is 10.1. The molecule has 0 amide bonds. The second-order valence-electron chi connectivity index (χ2n) is 4.39. The summed E-state index contributed by atoms with van der Waals surface area (Å²) in [6, 6.07) is 10.5. The molecule has 1 aromatic carbocycles. The van der Waals surface area contributed by atoms with Crippen LogP contribution in [-0.2, 0) is 0 Å². The van der Waals surface area contributed by atoms with E-state index in [9.17, 15) is 4.79 Å². The van der Waals surface area contributed by atoms with Crippen molar-refractivity contribution in [1.29, 1.82) is 0 Å². The zero-order valence-electron chi connectivity index (χ0n) is 10.7. The normalized spacial score (nSPS) is 10.5. The maximum absolute atomic E-state index is 10.8. The Morgan fingerprint density at radius 2 is 2.00 bits per heavy atom. The lowest BCUT2D eigenvalue weighted by Gasteiger charge is -2.09. The van der Waals surface area contributed by atoms with Crippen LogP contribution in [0.5, 0.6) is 0 Å². The van der Waals surface area contributed by atoms with Crippen LogP contribution in [0.15, 0.2) is 48.8 Å². The van der Waals surface area contributed by atoms with Crippen molar-refractivity contribution in [2.24, 2.45) is 0 Å². The Hall–Kier alpha value is -2.66. The Labute approximate surface area is 125 Å². The zero-order chi connectivity index (χ0) is 14.8. The van der Waals surface area contributed by atoms with Crippen molar-refractivity contribution in [3.05, 3.63) is 59.5 Å². The van der Waals surface area contributed by atoms with Gasteiger partial charge in [-0.2, -0.15) is 0 Å². The van der Waals surface area contributed by atoms with Crippen LogP contribution in [0.2, 0.25) is 5.02 Å². The van der Waals surface area contributed by atoms with E-state index in [2.05, 4.69) is 15.3 Å². The summed E-state index contributed by atoms with van der Waals surface area (Å²) in [4.78, 5) is 18.9.